The van der Waals surface area contributed by atoms with Crippen molar-refractivity contribution in [2.45, 2.75) is 24.9 Å². The predicted molar refractivity (Wildman–Crippen MR) is 118 cm³/mol. The number of amides is 1. The Labute approximate surface area is 182 Å². The summed E-state index contributed by atoms with van der Waals surface area (Å²) in [6, 6.07) is 21.8. The fourth-order valence-electron chi connectivity index (χ4n) is 3.12. The van der Waals surface area contributed by atoms with Gasteiger partial charge in [0, 0.05) is 25.7 Å². The summed E-state index contributed by atoms with van der Waals surface area (Å²) in [6.07, 6.45) is 0. The molecule has 0 bridgehead atoms. The first-order chi connectivity index (χ1) is 14.8. The van der Waals surface area contributed by atoms with Crippen LogP contribution in [0.15, 0.2) is 83.8 Å². The zero-order chi connectivity index (χ0) is 22.4. The Hall–Kier alpha value is -3.03. The predicted octanol–water partition coefficient (Wildman–Crippen LogP) is 3.98. The van der Waals surface area contributed by atoms with Gasteiger partial charge in [-0.15, -0.1) is 0 Å². The zero-order valence-corrected chi connectivity index (χ0v) is 18.3. The lowest BCUT2D eigenvalue weighted by molar-refractivity contribution is -0.130. The summed E-state index contributed by atoms with van der Waals surface area (Å²) in [5.41, 5.74) is 2.05. The average Bonchev–Trinajstić information content (AvgIpc) is 2.75. The molecule has 0 atom stereocenters. The van der Waals surface area contributed by atoms with E-state index in [0.29, 0.717) is 6.54 Å². The lowest BCUT2D eigenvalue weighted by Gasteiger charge is -2.25. The first-order valence-corrected chi connectivity index (χ1v) is 11.3. The largest absolute Gasteiger partial charge is 0.340 e. The Bertz CT molecular complexity index is 1130. The van der Waals surface area contributed by atoms with Crippen LogP contribution < -0.4 is 0 Å². The Morgan fingerprint density at radius 3 is 2.13 bits per heavy atom. The molecule has 0 saturated carbocycles. The highest BCUT2D eigenvalue weighted by Gasteiger charge is 2.28. The number of rotatable bonds is 8. The number of likely N-dealkylation sites (N-methyl/N-ethyl adjacent to an activating group) is 1. The minimum Gasteiger partial charge on any atom is -0.340 e. The van der Waals surface area contributed by atoms with Crippen molar-refractivity contribution in [1.29, 1.82) is 0 Å². The lowest BCUT2D eigenvalue weighted by Crippen LogP contribution is -2.41. The van der Waals surface area contributed by atoms with E-state index in [9.17, 15) is 17.6 Å². The number of aryl methyl sites for hydroxylation is 1. The molecular weight excluding hydrogens is 415 g/mol. The molecule has 0 aromatic heterocycles. The molecule has 0 fully saturated rings. The van der Waals surface area contributed by atoms with Crippen LogP contribution >= 0.6 is 0 Å². The molecule has 3 aromatic carbocycles. The highest BCUT2D eigenvalue weighted by Crippen LogP contribution is 2.20. The van der Waals surface area contributed by atoms with E-state index in [1.54, 1.807) is 25.2 Å². The molecule has 0 saturated heterocycles. The van der Waals surface area contributed by atoms with Crippen LogP contribution in [-0.4, -0.2) is 37.1 Å². The summed E-state index contributed by atoms with van der Waals surface area (Å²) in [5.74, 6) is -0.896. The summed E-state index contributed by atoms with van der Waals surface area (Å²) in [4.78, 5) is 14.4. The number of carbonyl (C=O) groups is 1. The molecule has 0 unspecified atom stereocenters. The third kappa shape index (κ3) is 5.77. The van der Waals surface area contributed by atoms with Gasteiger partial charge in [0.2, 0.25) is 15.9 Å². The smallest absolute Gasteiger partial charge is 0.243 e. The van der Waals surface area contributed by atoms with Crippen LogP contribution in [0.3, 0.4) is 0 Å². The Morgan fingerprint density at radius 1 is 0.871 bits per heavy atom. The van der Waals surface area contributed by atoms with E-state index in [4.69, 9.17) is 0 Å². The molecule has 1 amide bonds. The van der Waals surface area contributed by atoms with Crippen molar-refractivity contribution in [1.82, 2.24) is 9.21 Å². The maximum absolute atomic E-state index is 14.3. The number of hydrogen-bond acceptors (Lipinski definition) is 3. The van der Waals surface area contributed by atoms with E-state index in [2.05, 4.69) is 0 Å². The molecule has 0 N–H and O–H groups in total. The summed E-state index contributed by atoms with van der Waals surface area (Å²) >= 11 is 0. The topological polar surface area (TPSA) is 57.7 Å². The van der Waals surface area contributed by atoms with Gasteiger partial charge in [-0.3, -0.25) is 4.79 Å². The van der Waals surface area contributed by atoms with Crippen molar-refractivity contribution in [3.63, 3.8) is 0 Å². The Kier molecular flexibility index (Phi) is 7.20. The first-order valence-electron chi connectivity index (χ1n) is 9.85. The number of halogens is 1. The minimum absolute atomic E-state index is 0.0629. The molecule has 5 nitrogen and oxygen atoms in total. The summed E-state index contributed by atoms with van der Waals surface area (Å²) < 4.78 is 41.9. The third-order valence-electron chi connectivity index (χ3n) is 4.96. The SMILES string of the molecule is Cc1ccc(S(=O)(=O)N(CC(=O)N(C)Cc2ccccc2)Cc2ccccc2F)cc1. The van der Waals surface area contributed by atoms with E-state index in [1.807, 2.05) is 37.3 Å². The zero-order valence-electron chi connectivity index (χ0n) is 17.5. The molecular formula is C24H25FN2O3S. The summed E-state index contributed by atoms with van der Waals surface area (Å²) in [6.45, 7) is 1.56. The lowest BCUT2D eigenvalue weighted by atomic mass is 10.2. The number of nitrogens with zero attached hydrogens (tertiary/aromatic N) is 2. The van der Waals surface area contributed by atoms with Gasteiger partial charge in [-0.2, -0.15) is 4.31 Å². The van der Waals surface area contributed by atoms with Gasteiger partial charge in [-0.25, -0.2) is 12.8 Å². The molecule has 0 radical (unpaired) electrons. The van der Waals surface area contributed by atoms with Gasteiger partial charge >= 0.3 is 0 Å². The maximum Gasteiger partial charge on any atom is 0.243 e. The number of hydrogen-bond donors (Lipinski definition) is 0. The minimum atomic E-state index is -4.02. The number of benzene rings is 3. The third-order valence-corrected chi connectivity index (χ3v) is 6.77. The average molecular weight is 441 g/mol. The molecule has 3 rings (SSSR count). The Balaban J connectivity index is 1.87. The van der Waals surface area contributed by atoms with Gasteiger partial charge < -0.3 is 4.90 Å². The van der Waals surface area contributed by atoms with Crippen LogP contribution in [0, 0.1) is 12.7 Å². The Morgan fingerprint density at radius 2 is 1.48 bits per heavy atom. The van der Waals surface area contributed by atoms with Gasteiger partial charge in [0.05, 0.1) is 11.4 Å². The molecule has 31 heavy (non-hydrogen) atoms. The fraction of sp³-hybridized carbons (Fsp3) is 0.208. The molecule has 0 aliphatic rings. The van der Waals surface area contributed by atoms with E-state index in [1.165, 1.54) is 35.2 Å². The summed E-state index contributed by atoms with van der Waals surface area (Å²) in [7, 11) is -2.39. The van der Waals surface area contributed by atoms with Gasteiger partial charge in [-0.1, -0.05) is 66.2 Å². The molecule has 0 heterocycles. The van der Waals surface area contributed by atoms with Crippen molar-refractivity contribution >= 4 is 15.9 Å². The van der Waals surface area contributed by atoms with Crippen LogP contribution in [0.4, 0.5) is 4.39 Å². The van der Waals surface area contributed by atoms with Gasteiger partial charge in [0.25, 0.3) is 0 Å². The van der Waals surface area contributed by atoms with Gasteiger partial charge in [0.1, 0.15) is 5.82 Å². The quantitative estimate of drug-likeness (QED) is 0.532. The van der Waals surface area contributed by atoms with Crippen molar-refractivity contribution in [3.8, 4) is 0 Å². The molecule has 0 spiro atoms. The van der Waals surface area contributed by atoms with Crippen molar-refractivity contribution in [3.05, 3.63) is 101 Å². The van der Waals surface area contributed by atoms with Crippen LogP contribution in [0.5, 0.6) is 0 Å². The van der Waals surface area contributed by atoms with E-state index in [0.717, 1.165) is 15.4 Å². The van der Waals surface area contributed by atoms with E-state index < -0.39 is 22.4 Å². The molecule has 162 valence electrons. The highest BCUT2D eigenvalue weighted by atomic mass is 32.2. The second-order valence-electron chi connectivity index (χ2n) is 7.41. The molecule has 0 aliphatic heterocycles. The second-order valence-corrected chi connectivity index (χ2v) is 9.35. The monoisotopic (exact) mass is 440 g/mol. The van der Waals surface area contributed by atoms with E-state index in [-0.39, 0.29) is 22.9 Å². The van der Waals surface area contributed by atoms with Crippen LogP contribution in [0.1, 0.15) is 16.7 Å². The molecule has 7 heteroatoms. The normalized spacial score (nSPS) is 11.5. The van der Waals surface area contributed by atoms with Crippen molar-refractivity contribution in [2.24, 2.45) is 0 Å². The fourth-order valence-corrected chi connectivity index (χ4v) is 4.49. The van der Waals surface area contributed by atoms with Gasteiger partial charge in [0.15, 0.2) is 0 Å². The molecule has 0 aliphatic carbocycles. The van der Waals surface area contributed by atoms with Gasteiger partial charge in [-0.05, 0) is 30.7 Å². The maximum atomic E-state index is 14.3. The highest BCUT2D eigenvalue weighted by molar-refractivity contribution is 7.89. The number of sulfonamides is 1. The standard InChI is InChI=1S/C24H25FN2O3S/c1-19-12-14-22(15-13-19)31(29,30)27(17-21-10-6-7-11-23(21)25)18-24(28)26(2)16-20-8-4-3-5-9-20/h3-15H,16-18H2,1-2H3. The van der Waals surface area contributed by atoms with E-state index >= 15 is 0 Å². The summed E-state index contributed by atoms with van der Waals surface area (Å²) in [5, 5.41) is 0. The second kappa shape index (κ2) is 9.85. The van der Waals surface area contributed by atoms with Crippen molar-refractivity contribution in [2.75, 3.05) is 13.6 Å². The van der Waals surface area contributed by atoms with Crippen LogP contribution in [0.2, 0.25) is 0 Å². The van der Waals surface area contributed by atoms with Crippen LogP contribution in [-0.2, 0) is 27.9 Å². The van der Waals surface area contributed by atoms with Crippen molar-refractivity contribution < 1.29 is 17.6 Å². The molecule has 3 aromatic rings. The first kappa shape index (κ1) is 22.7. The van der Waals surface area contributed by atoms with Crippen LogP contribution in [0.25, 0.3) is 0 Å². The number of carbonyl (C=O) groups excluding carboxylic acids is 1.